The quantitative estimate of drug-likeness (QED) is 0.484. The molecule has 1 amide bonds. The Kier molecular flexibility index (Phi) is 5.90. The van der Waals surface area contributed by atoms with Gasteiger partial charge in [-0.15, -0.1) is 0 Å². The Morgan fingerprint density at radius 3 is 2.58 bits per heavy atom. The maximum absolute atomic E-state index is 13.3. The number of amides is 1. The highest BCUT2D eigenvalue weighted by Gasteiger charge is 2.31. The van der Waals surface area contributed by atoms with E-state index in [0.717, 1.165) is 29.5 Å². The lowest BCUT2D eigenvalue weighted by Gasteiger charge is -2.36. The van der Waals surface area contributed by atoms with Crippen LogP contribution in [0, 0.1) is 0 Å². The Labute approximate surface area is 184 Å². The first kappa shape index (κ1) is 21.2. The van der Waals surface area contributed by atoms with Crippen LogP contribution in [-0.2, 0) is 11.2 Å². The van der Waals surface area contributed by atoms with Gasteiger partial charge in [-0.1, -0.05) is 60.7 Å². The van der Waals surface area contributed by atoms with Gasteiger partial charge in [0, 0.05) is 0 Å². The summed E-state index contributed by atoms with van der Waals surface area (Å²) in [7, 11) is 0. The molecule has 0 N–H and O–H groups in total. The lowest BCUT2D eigenvalue weighted by Crippen LogP contribution is -2.44. The van der Waals surface area contributed by atoms with E-state index in [1.807, 2.05) is 56.0 Å². The summed E-state index contributed by atoms with van der Waals surface area (Å²) in [6.07, 6.45) is 1.44. The number of ether oxygens (including phenoxy) is 2. The summed E-state index contributed by atoms with van der Waals surface area (Å²) in [4.78, 5) is 15.1. The minimum atomic E-state index is -0.562. The zero-order valence-corrected chi connectivity index (χ0v) is 18.8. The van der Waals surface area contributed by atoms with Gasteiger partial charge in [-0.3, -0.25) is 4.90 Å². The molecule has 0 bridgehead atoms. The van der Waals surface area contributed by atoms with Gasteiger partial charge in [0.25, 0.3) is 0 Å². The monoisotopic (exact) mass is 417 g/mol. The molecule has 4 rings (SSSR count). The Morgan fingerprint density at radius 2 is 1.77 bits per heavy atom. The van der Waals surface area contributed by atoms with Gasteiger partial charge in [0.2, 0.25) is 0 Å². The third-order valence-electron chi connectivity index (χ3n) is 5.77. The molecule has 0 saturated heterocycles. The number of fused-ring (bicyclic) bond motifs is 2. The molecule has 162 valence electrons. The molecule has 4 heteroatoms. The largest absolute Gasteiger partial charge is 0.488 e. The van der Waals surface area contributed by atoms with Crippen LogP contribution in [0.2, 0.25) is 0 Å². The predicted octanol–water partition coefficient (Wildman–Crippen LogP) is 6.53. The third kappa shape index (κ3) is 4.84. The van der Waals surface area contributed by atoms with Crippen molar-refractivity contribution in [3.63, 3.8) is 0 Å². The fourth-order valence-corrected chi connectivity index (χ4v) is 4.22. The molecule has 0 aliphatic carbocycles. The molecule has 3 aromatic rings. The number of hydrogen-bond acceptors (Lipinski definition) is 3. The Bertz CT molecular complexity index is 1060. The van der Waals surface area contributed by atoms with Crippen molar-refractivity contribution >= 4 is 16.9 Å². The second-order valence-electron chi connectivity index (χ2n) is 9.26. The molecule has 2 atom stereocenters. The van der Waals surface area contributed by atoms with E-state index in [1.54, 1.807) is 0 Å². The van der Waals surface area contributed by atoms with E-state index in [-0.39, 0.29) is 18.2 Å². The summed E-state index contributed by atoms with van der Waals surface area (Å²) < 4.78 is 12.1. The molecular formula is C27H31NO3. The van der Waals surface area contributed by atoms with Crippen LogP contribution in [0.5, 0.6) is 5.75 Å². The summed E-state index contributed by atoms with van der Waals surface area (Å²) in [5.41, 5.74) is 1.78. The third-order valence-corrected chi connectivity index (χ3v) is 5.77. The standard InChI is InChI=1S/C27H31NO3/c1-19(23-14-9-12-20-10-5-7-13-24(20)23)28(26(29)31-27(2,3)4)18-22-17-16-21-11-6-8-15-25(21)30-22/h5-15,19,22H,16-18H2,1-4H3/t19-,22-/m1/s1. The first-order chi connectivity index (χ1) is 14.8. The number of benzene rings is 3. The van der Waals surface area contributed by atoms with Gasteiger partial charge in [-0.05, 0) is 68.5 Å². The second-order valence-corrected chi connectivity index (χ2v) is 9.26. The summed E-state index contributed by atoms with van der Waals surface area (Å²) in [5, 5.41) is 2.32. The van der Waals surface area contributed by atoms with Crippen LogP contribution in [0.4, 0.5) is 4.79 Å². The number of carbonyl (C=O) groups is 1. The molecule has 0 radical (unpaired) electrons. The van der Waals surface area contributed by atoms with Crippen LogP contribution < -0.4 is 4.74 Å². The minimum absolute atomic E-state index is 0.0696. The molecule has 1 heterocycles. The van der Waals surface area contributed by atoms with Crippen LogP contribution in [0.3, 0.4) is 0 Å². The number of para-hydroxylation sites is 1. The lowest BCUT2D eigenvalue weighted by molar-refractivity contribution is 0.00630. The Morgan fingerprint density at radius 1 is 1.06 bits per heavy atom. The van der Waals surface area contributed by atoms with E-state index < -0.39 is 5.60 Å². The van der Waals surface area contributed by atoms with Gasteiger partial charge in [0.15, 0.2) is 0 Å². The van der Waals surface area contributed by atoms with Crippen molar-refractivity contribution in [2.24, 2.45) is 0 Å². The highest BCUT2D eigenvalue weighted by molar-refractivity contribution is 5.86. The lowest BCUT2D eigenvalue weighted by atomic mass is 9.97. The highest BCUT2D eigenvalue weighted by atomic mass is 16.6. The van der Waals surface area contributed by atoms with E-state index in [2.05, 4.69) is 43.3 Å². The van der Waals surface area contributed by atoms with Crippen molar-refractivity contribution in [3.05, 3.63) is 77.9 Å². The number of nitrogens with zero attached hydrogens (tertiary/aromatic N) is 1. The summed E-state index contributed by atoms with van der Waals surface area (Å²) >= 11 is 0. The fourth-order valence-electron chi connectivity index (χ4n) is 4.22. The molecule has 0 aromatic heterocycles. The zero-order chi connectivity index (χ0) is 22.0. The normalized spacial score (nSPS) is 16.8. The predicted molar refractivity (Wildman–Crippen MR) is 124 cm³/mol. The van der Waals surface area contributed by atoms with Gasteiger partial charge in [-0.2, -0.15) is 0 Å². The van der Waals surface area contributed by atoms with Crippen LogP contribution in [0.1, 0.15) is 51.3 Å². The SMILES string of the molecule is C[C@H](c1cccc2ccccc12)N(C[C@H]1CCc2ccccc2O1)C(=O)OC(C)(C)C. The van der Waals surface area contributed by atoms with Crippen molar-refractivity contribution in [2.45, 2.75) is 58.3 Å². The molecule has 1 aliphatic rings. The second kappa shape index (κ2) is 8.62. The van der Waals surface area contributed by atoms with E-state index in [4.69, 9.17) is 9.47 Å². The van der Waals surface area contributed by atoms with Crippen LogP contribution in [0.25, 0.3) is 10.8 Å². The number of aryl methyl sites for hydroxylation is 1. The molecule has 3 aromatic carbocycles. The average molecular weight is 418 g/mol. The summed E-state index contributed by atoms with van der Waals surface area (Å²) in [5.74, 6) is 0.917. The molecule has 0 saturated carbocycles. The highest BCUT2D eigenvalue weighted by Crippen LogP contribution is 2.32. The minimum Gasteiger partial charge on any atom is -0.488 e. The van der Waals surface area contributed by atoms with Crippen molar-refractivity contribution in [3.8, 4) is 5.75 Å². The topological polar surface area (TPSA) is 38.8 Å². The van der Waals surface area contributed by atoms with Crippen molar-refractivity contribution in [2.75, 3.05) is 6.54 Å². The van der Waals surface area contributed by atoms with Gasteiger partial charge in [0.1, 0.15) is 17.5 Å². The Balaban J connectivity index is 1.63. The maximum atomic E-state index is 13.3. The smallest absolute Gasteiger partial charge is 0.410 e. The van der Waals surface area contributed by atoms with Crippen LogP contribution in [-0.4, -0.2) is 29.2 Å². The van der Waals surface area contributed by atoms with Gasteiger partial charge >= 0.3 is 6.09 Å². The molecule has 4 nitrogen and oxygen atoms in total. The fraction of sp³-hybridized carbons (Fsp3) is 0.370. The summed E-state index contributed by atoms with van der Waals surface area (Å²) in [6.45, 7) is 8.26. The molecule has 0 spiro atoms. The number of carbonyl (C=O) groups excluding carboxylic acids is 1. The molecular weight excluding hydrogens is 386 g/mol. The molecule has 31 heavy (non-hydrogen) atoms. The van der Waals surface area contributed by atoms with Crippen LogP contribution in [0.15, 0.2) is 66.7 Å². The van der Waals surface area contributed by atoms with E-state index in [0.29, 0.717) is 6.54 Å². The zero-order valence-electron chi connectivity index (χ0n) is 18.8. The van der Waals surface area contributed by atoms with Gasteiger partial charge in [-0.25, -0.2) is 4.79 Å². The molecule has 0 fully saturated rings. The summed E-state index contributed by atoms with van der Waals surface area (Å²) in [6, 6.07) is 22.5. The van der Waals surface area contributed by atoms with Gasteiger partial charge < -0.3 is 9.47 Å². The first-order valence-corrected chi connectivity index (χ1v) is 11.0. The van der Waals surface area contributed by atoms with E-state index in [1.165, 1.54) is 10.9 Å². The van der Waals surface area contributed by atoms with Crippen molar-refractivity contribution in [1.29, 1.82) is 0 Å². The number of rotatable bonds is 4. The van der Waals surface area contributed by atoms with Crippen molar-refractivity contribution in [1.82, 2.24) is 4.90 Å². The number of hydrogen-bond donors (Lipinski definition) is 0. The molecule has 0 unspecified atom stereocenters. The first-order valence-electron chi connectivity index (χ1n) is 11.0. The van der Waals surface area contributed by atoms with E-state index >= 15 is 0 Å². The molecule has 1 aliphatic heterocycles. The van der Waals surface area contributed by atoms with Crippen molar-refractivity contribution < 1.29 is 14.3 Å². The van der Waals surface area contributed by atoms with Gasteiger partial charge in [0.05, 0.1) is 12.6 Å². The maximum Gasteiger partial charge on any atom is 0.410 e. The Hall–Kier alpha value is -3.01. The van der Waals surface area contributed by atoms with Crippen LogP contribution >= 0.6 is 0 Å². The average Bonchev–Trinajstić information content (AvgIpc) is 2.75. The van der Waals surface area contributed by atoms with E-state index in [9.17, 15) is 4.79 Å².